The minimum absolute atomic E-state index is 0.305. The van der Waals surface area contributed by atoms with Gasteiger partial charge in [-0.05, 0) is 20.8 Å². The van der Waals surface area contributed by atoms with Gasteiger partial charge in [-0.1, -0.05) is 0 Å². The highest BCUT2D eigenvalue weighted by molar-refractivity contribution is 5.96. The molecule has 2 rings (SSSR count). The van der Waals surface area contributed by atoms with Crippen molar-refractivity contribution in [3.63, 3.8) is 0 Å². The van der Waals surface area contributed by atoms with Crippen LogP contribution in [0, 0.1) is 0 Å². The molecule has 0 unspecified atom stereocenters. The Labute approximate surface area is 112 Å². The molecule has 1 heterocycles. The molecule has 0 spiro atoms. The molecule has 104 valence electrons. The van der Waals surface area contributed by atoms with Gasteiger partial charge in [-0.25, -0.2) is 4.79 Å². The number of carbonyl (C=O) groups is 1. The molecule has 1 aromatic carbocycles. The summed E-state index contributed by atoms with van der Waals surface area (Å²) < 4.78 is 16.4. The molecule has 0 saturated carbocycles. The fraction of sp³-hybridized carbons (Fsp3) is 0.500. The van der Waals surface area contributed by atoms with Gasteiger partial charge in [-0.2, -0.15) is 0 Å². The molecule has 5 nitrogen and oxygen atoms in total. The number of ether oxygens (including phenoxy) is 3. The van der Waals surface area contributed by atoms with Crippen LogP contribution in [0.1, 0.15) is 37.6 Å². The van der Waals surface area contributed by atoms with E-state index in [1.807, 2.05) is 20.8 Å². The summed E-state index contributed by atoms with van der Waals surface area (Å²) in [6.45, 7) is 6.57. The van der Waals surface area contributed by atoms with Crippen LogP contribution in [-0.4, -0.2) is 24.8 Å². The summed E-state index contributed by atoms with van der Waals surface area (Å²) in [7, 11) is 0. The number of hydrogen-bond acceptors (Lipinski definition) is 5. The topological polar surface area (TPSA) is 70.8 Å². The van der Waals surface area contributed by atoms with Crippen molar-refractivity contribution in [3.05, 3.63) is 17.7 Å². The number of carbonyl (C=O) groups excluding carboxylic acids is 1. The van der Waals surface area contributed by atoms with E-state index >= 15 is 0 Å². The van der Waals surface area contributed by atoms with E-state index in [-0.39, 0.29) is 0 Å². The molecule has 0 amide bonds. The number of anilines is 1. The van der Waals surface area contributed by atoms with E-state index in [0.717, 1.165) is 6.42 Å². The Morgan fingerprint density at radius 2 is 1.79 bits per heavy atom. The SMILES string of the molecule is CC(C)(C)OC(=O)c1cc2c(cc1N)OCCCO2. The van der Waals surface area contributed by atoms with Crippen molar-refractivity contribution in [2.24, 2.45) is 0 Å². The van der Waals surface area contributed by atoms with Gasteiger partial charge in [0, 0.05) is 18.6 Å². The molecule has 0 saturated heterocycles. The van der Waals surface area contributed by atoms with E-state index in [1.165, 1.54) is 0 Å². The predicted octanol–water partition coefficient (Wildman–Crippen LogP) is 2.39. The van der Waals surface area contributed by atoms with Crippen LogP contribution in [0.2, 0.25) is 0 Å². The lowest BCUT2D eigenvalue weighted by Crippen LogP contribution is -2.24. The lowest BCUT2D eigenvalue weighted by Gasteiger charge is -2.20. The van der Waals surface area contributed by atoms with Crippen LogP contribution in [0.5, 0.6) is 11.5 Å². The minimum Gasteiger partial charge on any atom is -0.490 e. The number of benzene rings is 1. The van der Waals surface area contributed by atoms with Gasteiger partial charge < -0.3 is 19.9 Å². The van der Waals surface area contributed by atoms with Crippen LogP contribution < -0.4 is 15.2 Å². The number of nitrogen functional groups attached to an aromatic ring is 1. The zero-order valence-electron chi connectivity index (χ0n) is 11.5. The first-order valence-electron chi connectivity index (χ1n) is 6.29. The second-order valence-corrected chi connectivity index (χ2v) is 5.44. The van der Waals surface area contributed by atoms with Gasteiger partial charge in [0.15, 0.2) is 11.5 Å². The standard InChI is InChI=1S/C14H19NO4/c1-14(2,3)19-13(16)9-7-11-12(8-10(9)15)18-6-4-5-17-11/h7-8H,4-6,15H2,1-3H3. The maximum absolute atomic E-state index is 12.1. The average Bonchev–Trinajstić information content (AvgIpc) is 2.50. The monoisotopic (exact) mass is 265 g/mol. The summed E-state index contributed by atoms with van der Waals surface area (Å²) in [6.07, 6.45) is 0.802. The predicted molar refractivity (Wildman–Crippen MR) is 71.6 cm³/mol. The van der Waals surface area contributed by atoms with E-state index in [2.05, 4.69) is 0 Å². The van der Waals surface area contributed by atoms with Crippen LogP contribution in [0.4, 0.5) is 5.69 Å². The van der Waals surface area contributed by atoms with E-state index < -0.39 is 11.6 Å². The first-order chi connectivity index (χ1) is 8.87. The smallest absolute Gasteiger partial charge is 0.340 e. The van der Waals surface area contributed by atoms with Crippen molar-refractivity contribution >= 4 is 11.7 Å². The highest BCUT2D eigenvalue weighted by atomic mass is 16.6. The van der Waals surface area contributed by atoms with E-state index in [4.69, 9.17) is 19.9 Å². The molecule has 2 N–H and O–H groups in total. The Kier molecular flexibility index (Phi) is 3.55. The van der Waals surface area contributed by atoms with E-state index in [1.54, 1.807) is 12.1 Å². The zero-order valence-corrected chi connectivity index (χ0v) is 11.5. The molecule has 0 fully saturated rings. The maximum Gasteiger partial charge on any atom is 0.340 e. The van der Waals surface area contributed by atoms with Gasteiger partial charge in [0.05, 0.1) is 24.5 Å². The van der Waals surface area contributed by atoms with Crippen molar-refractivity contribution in [1.82, 2.24) is 0 Å². The van der Waals surface area contributed by atoms with Crippen LogP contribution in [-0.2, 0) is 4.74 Å². The number of fused-ring (bicyclic) bond motifs is 1. The fourth-order valence-electron chi connectivity index (χ4n) is 1.73. The van der Waals surface area contributed by atoms with Crippen molar-refractivity contribution in [2.75, 3.05) is 18.9 Å². The first kappa shape index (κ1) is 13.5. The molecule has 0 aromatic heterocycles. The third-order valence-corrected chi connectivity index (χ3v) is 2.54. The third-order valence-electron chi connectivity index (χ3n) is 2.54. The molecule has 0 bridgehead atoms. The third kappa shape index (κ3) is 3.30. The number of esters is 1. The van der Waals surface area contributed by atoms with Crippen LogP contribution >= 0.6 is 0 Å². The van der Waals surface area contributed by atoms with Crippen molar-refractivity contribution in [1.29, 1.82) is 0 Å². The highest BCUT2D eigenvalue weighted by Crippen LogP contribution is 2.34. The first-order valence-corrected chi connectivity index (χ1v) is 6.29. The van der Waals surface area contributed by atoms with Gasteiger partial charge in [-0.3, -0.25) is 0 Å². The van der Waals surface area contributed by atoms with Crippen LogP contribution in [0.3, 0.4) is 0 Å². The van der Waals surface area contributed by atoms with Crippen LogP contribution in [0.25, 0.3) is 0 Å². The fourth-order valence-corrected chi connectivity index (χ4v) is 1.73. The largest absolute Gasteiger partial charge is 0.490 e. The number of rotatable bonds is 1. The molecule has 5 heteroatoms. The summed E-state index contributed by atoms with van der Waals surface area (Å²) in [5.41, 5.74) is 5.95. The molecule has 1 aromatic rings. The zero-order chi connectivity index (χ0) is 14.0. The molecule has 1 aliphatic rings. The second-order valence-electron chi connectivity index (χ2n) is 5.44. The second kappa shape index (κ2) is 4.99. The lowest BCUT2D eigenvalue weighted by molar-refractivity contribution is 0.00704. The van der Waals surface area contributed by atoms with E-state index in [0.29, 0.717) is 36.0 Å². The van der Waals surface area contributed by atoms with Crippen molar-refractivity contribution < 1.29 is 19.0 Å². The molecule has 0 atom stereocenters. The Balaban J connectivity index is 2.31. The molecule has 0 radical (unpaired) electrons. The summed E-state index contributed by atoms with van der Waals surface area (Å²) >= 11 is 0. The molecular weight excluding hydrogens is 246 g/mol. The average molecular weight is 265 g/mol. The van der Waals surface area contributed by atoms with Gasteiger partial charge in [0.25, 0.3) is 0 Å². The van der Waals surface area contributed by atoms with Gasteiger partial charge >= 0.3 is 5.97 Å². The molecule has 1 aliphatic heterocycles. The Morgan fingerprint density at radius 3 is 2.37 bits per heavy atom. The summed E-state index contributed by atoms with van der Waals surface area (Å²) in [5, 5.41) is 0. The quantitative estimate of drug-likeness (QED) is 0.623. The van der Waals surface area contributed by atoms with Gasteiger partial charge in [0.1, 0.15) is 5.60 Å². The Morgan fingerprint density at radius 1 is 1.21 bits per heavy atom. The summed E-state index contributed by atoms with van der Waals surface area (Å²) in [5.74, 6) is 0.649. The summed E-state index contributed by atoms with van der Waals surface area (Å²) in [6, 6.07) is 3.20. The van der Waals surface area contributed by atoms with E-state index in [9.17, 15) is 4.79 Å². The van der Waals surface area contributed by atoms with Crippen molar-refractivity contribution in [3.8, 4) is 11.5 Å². The molecule has 19 heavy (non-hydrogen) atoms. The van der Waals surface area contributed by atoms with Crippen molar-refractivity contribution in [2.45, 2.75) is 32.8 Å². The van der Waals surface area contributed by atoms with Gasteiger partial charge in [-0.15, -0.1) is 0 Å². The molecule has 0 aliphatic carbocycles. The number of nitrogens with two attached hydrogens (primary N) is 1. The summed E-state index contributed by atoms with van der Waals surface area (Å²) in [4.78, 5) is 12.1. The maximum atomic E-state index is 12.1. The van der Waals surface area contributed by atoms with Crippen LogP contribution in [0.15, 0.2) is 12.1 Å². The lowest BCUT2D eigenvalue weighted by atomic mass is 10.1. The Bertz CT molecular complexity index is 491. The normalized spacial score (nSPS) is 14.7. The number of hydrogen-bond donors (Lipinski definition) is 1. The minimum atomic E-state index is -0.562. The highest BCUT2D eigenvalue weighted by Gasteiger charge is 2.22. The van der Waals surface area contributed by atoms with Gasteiger partial charge in [0.2, 0.25) is 0 Å². The Hall–Kier alpha value is -1.91. The molecular formula is C14H19NO4.